The number of unbranched alkanes of at least 4 members (excludes halogenated alkanes) is 4. The summed E-state index contributed by atoms with van der Waals surface area (Å²) in [5.74, 6) is -0.969. The first kappa shape index (κ1) is 27.3. The molecule has 0 saturated heterocycles. The van der Waals surface area contributed by atoms with Crippen molar-refractivity contribution < 1.29 is 19.1 Å². The van der Waals surface area contributed by atoms with Gasteiger partial charge in [0, 0.05) is 18.9 Å². The fourth-order valence-electron chi connectivity index (χ4n) is 3.46. The van der Waals surface area contributed by atoms with E-state index in [0.717, 1.165) is 32.1 Å². The topological polar surface area (TPSA) is 168 Å². The number of nitrogens with one attached hydrogen (secondary N) is 1. The molecule has 5 N–H and O–H groups in total. The summed E-state index contributed by atoms with van der Waals surface area (Å²) in [6.45, 7) is 6.46. The van der Waals surface area contributed by atoms with E-state index in [1.165, 1.54) is 6.33 Å². The molecule has 1 unspecified atom stereocenters. The third-order valence-corrected chi connectivity index (χ3v) is 5.67. The Balaban J connectivity index is 2.00. The largest absolute Gasteiger partial charge is 0.465 e. The number of carbonyl (C=O) groups excluding carboxylic acids is 2. The normalized spacial score (nSPS) is 13.2. The number of rotatable bonds is 15. The van der Waals surface area contributed by atoms with Crippen LogP contribution in [0.25, 0.3) is 11.2 Å². The van der Waals surface area contributed by atoms with Gasteiger partial charge in [-0.15, -0.1) is 0 Å². The summed E-state index contributed by atoms with van der Waals surface area (Å²) in [4.78, 5) is 47.1. The number of fused-ring (bicyclic) bond motifs is 1. The molecule has 0 saturated carbocycles. The molecule has 0 aliphatic carbocycles. The molecule has 11 heteroatoms. The molecule has 11 nitrogen and oxygen atoms in total. The van der Waals surface area contributed by atoms with Crippen molar-refractivity contribution in [3.05, 3.63) is 16.7 Å². The van der Waals surface area contributed by atoms with Gasteiger partial charge in [-0.2, -0.15) is 4.98 Å². The highest BCUT2D eigenvalue weighted by Gasteiger charge is 2.21. The maximum atomic E-state index is 12.2. The third kappa shape index (κ3) is 8.44. The zero-order chi connectivity index (χ0) is 25.1. The number of aromatic nitrogens is 4. The van der Waals surface area contributed by atoms with Gasteiger partial charge >= 0.3 is 11.9 Å². The maximum Gasteiger partial charge on any atom is 0.323 e. The zero-order valence-corrected chi connectivity index (χ0v) is 20.4. The zero-order valence-electron chi connectivity index (χ0n) is 20.4. The number of hydrogen-bond donors (Lipinski definition) is 3. The van der Waals surface area contributed by atoms with Crippen molar-refractivity contribution in [1.29, 1.82) is 0 Å². The Bertz CT molecular complexity index is 986. The van der Waals surface area contributed by atoms with E-state index in [1.807, 2.05) is 13.8 Å². The average molecular weight is 479 g/mol. The van der Waals surface area contributed by atoms with E-state index < -0.39 is 17.6 Å². The fourth-order valence-corrected chi connectivity index (χ4v) is 3.46. The lowest BCUT2D eigenvalue weighted by molar-refractivity contribution is -0.149. The van der Waals surface area contributed by atoms with Crippen molar-refractivity contribution in [3.63, 3.8) is 0 Å². The molecule has 34 heavy (non-hydrogen) atoms. The van der Waals surface area contributed by atoms with E-state index in [-0.39, 0.29) is 42.5 Å². The van der Waals surface area contributed by atoms with Gasteiger partial charge < -0.3 is 25.5 Å². The van der Waals surface area contributed by atoms with Crippen LogP contribution in [0.4, 0.5) is 5.95 Å². The van der Waals surface area contributed by atoms with Crippen molar-refractivity contribution in [2.24, 2.45) is 17.6 Å². The molecule has 2 rings (SSSR count). The molecule has 0 radical (unpaired) electrons. The number of nitrogen functional groups attached to an aromatic ring is 1. The maximum absolute atomic E-state index is 12.2. The lowest BCUT2D eigenvalue weighted by Crippen LogP contribution is -2.37. The highest BCUT2D eigenvalue weighted by atomic mass is 16.5. The minimum absolute atomic E-state index is 0.0121. The fraction of sp³-hybridized carbons (Fsp3) is 0.696. The van der Waals surface area contributed by atoms with Gasteiger partial charge in [0.1, 0.15) is 6.04 Å². The van der Waals surface area contributed by atoms with Gasteiger partial charge in [0.15, 0.2) is 11.2 Å². The second kappa shape index (κ2) is 13.7. The summed E-state index contributed by atoms with van der Waals surface area (Å²) in [6.07, 6.45) is 7.52. The van der Waals surface area contributed by atoms with Gasteiger partial charge in [0.05, 0.1) is 19.5 Å². The standard InChI is InChI=1S/C23H38N6O5/c1-4-5-6-7-8-9-17(30)34-13-16(10-11-33-22(32)18(24)15(2)3)12-29-14-26-19-20(29)27-23(25)28-21(19)31/h14-16,18H,4-13,24H2,1-3H3,(H3,25,27,28,31)/t16?,18-/m0/s1. The molecule has 2 aromatic rings. The van der Waals surface area contributed by atoms with Crippen LogP contribution in [0.1, 0.15) is 65.7 Å². The van der Waals surface area contributed by atoms with Gasteiger partial charge in [0.2, 0.25) is 5.95 Å². The molecule has 0 bridgehead atoms. The number of hydrogen-bond acceptors (Lipinski definition) is 9. The van der Waals surface area contributed by atoms with Crippen molar-refractivity contribution in [2.75, 3.05) is 18.9 Å². The molecule has 0 aromatic carbocycles. The van der Waals surface area contributed by atoms with Crippen LogP contribution in [0.2, 0.25) is 0 Å². The Labute approximate surface area is 199 Å². The smallest absolute Gasteiger partial charge is 0.323 e. The number of carbonyl (C=O) groups is 2. The summed E-state index contributed by atoms with van der Waals surface area (Å²) < 4.78 is 12.5. The van der Waals surface area contributed by atoms with Crippen LogP contribution in [0.5, 0.6) is 0 Å². The first-order valence-corrected chi connectivity index (χ1v) is 12.0. The number of aromatic amines is 1. The van der Waals surface area contributed by atoms with Crippen LogP contribution in [0.15, 0.2) is 11.1 Å². The van der Waals surface area contributed by atoms with E-state index >= 15 is 0 Å². The molecule has 0 fully saturated rings. The lowest BCUT2D eigenvalue weighted by atomic mass is 10.1. The van der Waals surface area contributed by atoms with E-state index in [9.17, 15) is 14.4 Å². The molecule has 2 aromatic heterocycles. The second-order valence-corrected chi connectivity index (χ2v) is 8.96. The quantitative estimate of drug-likeness (QED) is 0.256. The molecule has 2 heterocycles. The number of ether oxygens (including phenoxy) is 2. The SMILES string of the molecule is CCCCCCCC(=O)OCC(CCOC(=O)[C@@H](N)C(C)C)Cn1cnc2c(=O)[nH]c(N)nc21. The first-order chi connectivity index (χ1) is 16.2. The molecule has 0 aliphatic heterocycles. The predicted octanol–water partition coefficient (Wildman–Crippen LogP) is 2.14. The number of H-pyrrole nitrogens is 1. The number of nitrogens with zero attached hydrogens (tertiary/aromatic N) is 3. The van der Waals surface area contributed by atoms with Gasteiger partial charge in [-0.25, -0.2) is 4.98 Å². The van der Waals surface area contributed by atoms with Crippen molar-refractivity contribution >= 4 is 29.1 Å². The number of imidazole rings is 1. The second-order valence-electron chi connectivity index (χ2n) is 8.96. The Morgan fingerprint density at radius 3 is 2.62 bits per heavy atom. The minimum atomic E-state index is -0.694. The monoisotopic (exact) mass is 478 g/mol. The van der Waals surface area contributed by atoms with E-state index in [2.05, 4.69) is 21.9 Å². The Hall–Kier alpha value is -2.95. The summed E-state index contributed by atoms with van der Waals surface area (Å²) in [5.41, 5.74) is 11.6. The van der Waals surface area contributed by atoms with Gasteiger partial charge in [0.25, 0.3) is 5.56 Å². The third-order valence-electron chi connectivity index (χ3n) is 5.67. The van der Waals surface area contributed by atoms with Crippen LogP contribution < -0.4 is 17.0 Å². The highest BCUT2D eigenvalue weighted by Crippen LogP contribution is 2.15. The highest BCUT2D eigenvalue weighted by molar-refractivity contribution is 5.75. The van der Waals surface area contributed by atoms with Crippen molar-refractivity contribution in [3.8, 4) is 0 Å². The molecule has 2 atom stereocenters. The predicted molar refractivity (Wildman–Crippen MR) is 129 cm³/mol. The molecule has 0 amide bonds. The number of nitrogens with two attached hydrogens (primary N) is 2. The van der Waals surface area contributed by atoms with Gasteiger partial charge in [-0.3, -0.25) is 19.4 Å². The van der Waals surface area contributed by atoms with Crippen LogP contribution in [0.3, 0.4) is 0 Å². The molecule has 0 aliphatic rings. The minimum Gasteiger partial charge on any atom is -0.465 e. The van der Waals surface area contributed by atoms with E-state index in [1.54, 1.807) is 4.57 Å². The van der Waals surface area contributed by atoms with Crippen LogP contribution in [0, 0.1) is 11.8 Å². The number of anilines is 1. The molecular formula is C23H38N6O5. The summed E-state index contributed by atoms with van der Waals surface area (Å²) in [5, 5.41) is 0. The van der Waals surface area contributed by atoms with Crippen LogP contribution in [-0.2, 0) is 25.6 Å². The van der Waals surface area contributed by atoms with Crippen molar-refractivity contribution in [2.45, 2.75) is 78.3 Å². The Morgan fingerprint density at radius 1 is 1.18 bits per heavy atom. The van der Waals surface area contributed by atoms with Crippen LogP contribution >= 0.6 is 0 Å². The first-order valence-electron chi connectivity index (χ1n) is 12.0. The average Bonchev–Trinajstić information content (AvgIpc) is 3.19. The van der Waals surface area contributed by atoms with Crippen molar-refractivity contribution in [1.82, 2.24) is 19.5 Å². The molecular weight excluding hydrogens is 440 g/mol. The van der Waals surface area contributed by atoms with Crippen LogP contribution in [-0.4, -0.2) is 50.7 Å². The lowest BCUT2D eigenvalue weighted by Gasteiger charge is -2.19. The van der Waals surface area contributed by atoms with Gasteiger partial charge in [-0.1, -0.05) is 46.5 Å². The number of esters is 2. The summed E-state index contributed by atoms with van der Waals surface area (Å²) >= 11 is 0. The Kier molecular flexibility index (Phi) is 11.0. The van der Waals surface area contributed by atoms with E-state index in [4.69, 9.17) is 20.9 Å². The summed E-state index contributed by atoms with van der Waals surface area (Å²) in [6, 6.07) is -0.694. The van der Waals surface area contributed by atoms with E-state index in [0.29, 0.717) is 25.0 Å². The molecule has 190 valence electrons. The summed E-state index contributed by atoms with van der Waals surface area (Å²) in [7, 11) is 0. The molecule has 0 spiro atoms. The van der Waals surface area contributed by atoms with Gasteiger partial charge in [-0.05, 0) is 18.8 Å². The Morgan fingerprint density at radius 2 is 1.91 bits per heavy atom.